The lowest BCUT2D eigenvalue weighted by molar-refractivity contribution is 1.17. The summed E-state index contributed by atoms with van der Waals surface area (Å²) < 4.78 is 4.83. The predicted octanol–water partition coefficient (Wildman–Crippen LogP) is 12.9. The largest absolute Gasteiger partial charge is 0.309 e. The molecular weight excluding hydrogens is 605 g/mol. The van der Waals surface area contributed by atoms with Crippen molar-refractivity contribution in [3.8, 4) is 44.8 Å². The average Bonchev–Trinajstić information content (AvgIpc) is 3.70. The van der Waals surface area contributed by atoms with Crippen LogP contribution in [0.1, 0.15) is 0 Å². The Morgan fingerprint density at radius 2 is 0.760 bits per heavy atom. The molecule has 0 fully saturated rings. The number of hydrogen-bond donors (Lipinski definition) is 0. The Morgan fingerprint density at radius 3 is 1.40 bits per heavy atom. The van der Waals surface area contributed by atoms with Gasteiger partial charge in [-0.25, -0.2) is 0 Å². The van der Waals surface area contributed by atoms with Crippen LogP contribution in [0.3, 0.4) is 0 Å². The van der Waals surface area contributed by atoms with Gasteiger partial charge >= 0.3 is 0 Å². The molecule has 0 radical (unpaired) electrons. The van der Waals surface area contributed by atoms with E-state index in [1.165, 1.54) is 82.7 Å². The summed E-state index contributed by atoms with van der Waals surface area (Å²) in [5.41, 5.74) is 14.4. The molecule has 0 saturated carbocycles. The summed E-state index contributed by atoms with van der Waals surface area (Å²) in [7, 11) is 0. The van der Waals surface area contributed by atoms with Gasteiger partial charge in [0, 0.05) is 32.9 Å². The van der Waals surface area contributed by atoms with E-state index in [2.05, 4.69) is 203 Å². The van der Waals surface area contributed by atoms with Crippen molar-refractivity contribution in [3.63, 3.8) is 0 Å². The van der Waals surface area contributed by atoms with E-state index >= 15 is 0 Å². The van der Waals surface area contributed by atoms with Crippen LogP contribution >= 0.6 is 0 Å². The third kappa shape index (κ3) is 4.43. The second-order valence-electron chi connectivity index (χ2n) is 12.9. The number of benzene rings is 8. The molecule has 8 aromatic carbocycles. The first kappa shape index (κ1) is 28.4. The molecule has 10 rings (SSSR count). The van der Waals surface area contributed by atoms with Crippen molar-refractivity contribution in [2.75, 3.05) is 0 Å². The molecule has 0 aliphatic rings. The van der Waals surface area contributed by atoms with Crippen molar-refractivity contribution in [3.05, 3.63) is 194 Å². The monoisotopic (exact) mass is 636 g/mol. The minimum Gasteiger partial charge on any atom is -0.309 e. The minimum absolute atomic E-state index is 1.15. The van der Waals surface area contributed by atoms with Crippen LogP contribution < -0.4 is 0 Å². The van der Waals surface area contributed by atoms with E-state index in [9.17, 15) is 0 Å². The molecule has 50 heavy (non-hydrogen) atoms. The molecule has 0 bridgehead atoms. The van der Waals surface area contributed by atoms with Gasteiger partial charge in [-0.2, -0.15) is 0 Å². The van der Waals surface area contributed by atoms with Gasteiger partial charge in [0.25, 0.3) is 0 Å². The first-order valence-corrected chi connectivity index (χ1v) is 17.2. The van der Waals surface area contributed by atoms with E-state index < -0.39 is 0 Å². The van der Waals surface area contributed by atoms with Crippen LogP contribution in [0.15, 0.2) is 194 Å². The number of fused-ring (bicyclic) bond motifs is 6. The van der Waals surface area contributed by atoms with Crippen LogP contribution in [0.2, 0.25) is 0 Å². The molecule has 0 saturated heterocycles. The van der Waals surface area contributed by atoms with Gasteiger partial charge in [-0.05, 0) is 81.9 Å². The van der Waals surface area contributed by atoms with E-state index in [0.717, 1.165) is 5.69 Å². The zero-order valence-corrected chi connectivity index (χ0v) is 27.4. The van der Waals surface area contributed by atoms with Crippen LogP contribution in [0.25, 0.3) is 88.4 Å². The molecule has 2 heteroatoms. The Hall–Kier alpha value is -6.64. The Labute approximate surface area is 290 Å². The number of aromatic nitrogens is 2. The fourth-order valence-corrected chi connectivity index (χ4v) is 7.94. The molecule has 0 spiro atoms. The van der Waals surface area contributed by atoms with Crippen molar-refractivity contribution >= 4 is 43.6 Å². The van der Waals surface area contributed by atoms with Crippen LogP contribution in [0.4, 0.5) is 0 Å². The first-order chi connectivity index (χ1) is 24.8. The predicted molar refractivity (Wildman–Crippen MR) is 211 cm³/mol. The lowest BCUT2D eigenvalue weighted by Gasteiger charge is -2.17. The SMILES string of the molecule is c1ccc(-c2cccc(-c3ccccc3)c2-c2ccc3c4ccccc4n(-c4ccc5c(c4)c4ccccc4n5-c4ccccc4)c3c2)cc1. The van der Waals surface area contributed by atoms with Crippen molar-refractivity contribution in [1.82, 2.24) is 9.13 Å². The van der Waals surface area contributed by atoms with Crippen molar-refractivity contribution in [2.45, 2.75) is 0 Å². The van der Waals surface area contributed by atoms with Crippen LogP contribution in [0, 0.1) is 0 Å². The summed E-state index contributed by atoms with van der Waals surface area (Å²) in [4.78, 5) is 0. The number of para-hydroxylation sites is 3. The average molecular weight is 637 g/mol. The molecular formula is C48H32N2. The summed E-state index contributed by atoms with van der Waals surface area (Å²) in [5, 5.41) is 4.99. The molecule has 0 aliphatic carbocycles. The highest BCUT2D eigenvalue weighted by molar-refractivity contribution is 6.13. The van der Waals surface area contributed by atoms with Crippen LogP contribution in [-0.4, -0.2) is 9.13 Å². The van der Waals surface area contributed by atoms with Gasteiger partial charge in [0.15, 0.2) is 0 Å². The van der Waals surface area contributed by atoms with Gasteiger partial charge in [0.05, 0.1) is 22.1 Å². The third-order valence-corrected chi connectivity index (χ3v) is 10.1. The van der Waals surface area contributed by atoms with Gasteiger partial charge in [-0.3, -0.25) is 0 Å². The van der Waals surface area contributed by atoms with Crippen molar-refractivity contribution < 1.29 is 0 Å². The zero-order valence-electron chi connectivity index (χ0n) is 27.4. The van der Waals surface area contributed by atoms with Crippen LogP contribution in [-0.2, 0) is 0 Å². The summed E-state index contributed by atoms with van der Waals surface area (Å²) in [6, 6.07) is 70.4. The standard InChI is InChI=1S/C48H32N2/c1-4-15-33(16-5-1)38-23-14-24-39(34-17-6-2-7-18-34)48(38)35-27-29-42-40-21-10-12-25-44(40)50(47(42)31-35)37-28-30-46-43(32-37)41-22-11-13-26-45(41)49(46)36-19-8-3-9-20-36/h1-32H. The van der Waals surface area contributed by atoms with Gasteiger partial charge < -0.3 is 9.13 Å². The van der Waals surface area contributed by atoms with Crippen molar-refractivity contribution in [2.24, 2.45) is 0 Å². The molecule has 2 nitrogen and oxygen atoms in total. The lowest BCUT2D eigenvalue weighted by atomic mass is 9.87. The van der Waals surface area contributed by atoms with E-state index in [4.69, 9.17) is 0 Å². The first-order valence-electron chi connectivity index (χ1n) is 17.2. The number of nitrogens with zero attached hydrogens (tertiary/aromatic N) is 2. The Kier molecular flexibility index (Phi) is 6.53. The number of rotatable bonds is 5. The van der Waals surface area contributed by atoms with E-state index in [1.807, 2.05) is 0 Å². The molecule has 0 N–H and O–H groups in total. The highest BCUT2D eigenvalue weighted by Crippen LogP contribution is 2.43. The topological polar surface area (TPSA) is 9.86 Å². The summed E-state index contributed by atoms with van der Waals surface area (Å²) in [5.74, 6) is 0. The number of hydrogen-bond acceptors (Lipinski definition) is 0. The molecule has 10 aromatic rings. The molecule has 0 atom stereocenters. The van der Waals surface area contributed by atoms with Gasteiger partial charge in [-0.15, -0.1) is 0 Å². The molecule has 0 unspecified atom stereocenters. The van der Waals surface area contributed by atoms with Gasteiger partial charge in [-0.1, -0.05) is 146 Å². The molecule has 0 amide bonds. The van der Waals surface area contributed by atoms with Gasteiger partial charge in [0.2, 0.25) is 0 Å². The lowest BCUT2D eigenvalue weighted by Crippen LogP contribution is -1.96. The molecule has 2 aromatic heterocycles. The Balaban J connectivity index is 1.25. The maximum absolute atomic E-state index is 2.45. The fraction of sp³-hybridized carbons (Fsp3) is 0. The summed E-state index contributed by atoms with van der Waals surface area (Å²) in [6.45, 7) is 0. The maximum atomic E-state index is 2.45. The quantitative estimate of drug-likeness (QED) is 0.178. The van der Waals surface area contributed by atoms with E-state index in [-0.39, 0.29) is 0 Å². The second-order valence-corrected chi connectivity index (χ2v) is 12.9. The molecule has 234 valence electrons. The Bertz CT molecular complexity index is 2780. The highest BCUT2D eigenvalue weighted by Gasteiger charge is 2.19. The van der Waals surface area contributed by atoms with E-state index in [0.29, 0.717) is 0 Å². The van der Waals surface area contributed by atoms with Crippen LogP contribution in [0.5, 0.6) is 0 Å². The normalized spacial score (nSPS) is 11.6. The van der Waals surface area contributed by atoms with Crippen molar-refractivity contribution in [1.29, 1.82) is 0 Å². The fourth-order valence-electron chi connectivity index (χ4n) is 7.94. The molecule has 0 aliphatic heterocycles. The third-order valence-electron chi connectivity index (χ3n) is 10.1. The highest BCUT2D eigenvalue weighted by atomic mass is 15.0. The Morgan fingerprint density at radius 1 is 0.260 bits per heavy atom. The second kappa shape index (κ2) is 11.5. The summed E-state index contributed by atoms with van der Waals surface area (Å²) >= 11 is 0. The van der Waals surface area contributed by atoms with Gasteiger partial charge in [0.1, 0.15) is 0 Å². The maximum Gasteiger partial charge on any atom is 0.0547 e. The minimum atomic E-state index is 1.15. The van der Waals surface area contributed by atoms with E-state index in [1.54, 1.807) is 0 Å². The smallest absolute Gasteiger partial charge is 0.0547 e. The summed E-state index contributed by atoms with van der Waals surface area (Å²) in [6.07, 6.45) is 0. The zero-order chi connectivity index (χ0) is 33.0. The molecule has 2 heterocycles.